The molecule has 0 amide bonds. The molecule has 0 aliphatic carbocycles. The lowest BCUT2D eigenvalue weighted by Crippen LogP contribution is -2.05. The lowest BCUT2D eigenvalue weighted by Gasteiger charge is -2.09. The number of ketones is 1. The van der Waals surface area contributed by atoms with Crippen molar-refractivity contribution in [2.45, 2.75) is 20.0 Å². The molecule has 0 saturated heterocycles. The van der Waals surface area contributed by atoms with Crippen LogP contribution >= 0.6 is 0 Å². The molecule has 2 aromatic rings. The third-order valence-electron chi connectivity index (χ3n) is 2.98. The van der Waals surface area contributed by atoms with Gasteiger partial charge >= 0.3 is 0 Å². The highest BCUT2D eigenvalue weighted by atomic mass is 16.5. The monoisotopic (exact) mass is 291 g/mol. The van der Waals surface area contributed by atoms with Crippen molar-refractivity contribution >= 4 is 11.9 Å². The largest absolute Gasteiger partial charge is 0.491 e. The molecule has 0 bridgehead atoms. The van der Waals surface area contributed by atoms with Gasteiger partial charge in [0.25, 0.3) is 0 Å². The van der Waals surface area contributed by atoms with E-state index >= 15 is 0 Å². The van der Waals surface area contributed by atoms with Crippen LogP contribution in [0.25, 0.3) is 6.08 Å². The number of carbonyl (C=O) groups excluding carboxylic acids is 1. The number of carbonyl (C=O) groups is 1. The maximum Gasteiger partial charge on any atom is 0.185 e. The molecule has 0 fully saturated rings. The average Bonchev–Trinajstić information content (AvgIpc) is 2.53. The van der Waals surface area contributed by atoms with Gasteiger partial charge in [-0.15, -0.1) is 0 Å². The van der Waals surface area contributed by atoms with Crippen molar-refractivity contribution in [3.63, 3.8) is 0 Å². The van der Waals surface area contributed by atoms with Crippen molar-refractivity contribution in [2.24, 2.45) is 0 Å². The topological polar surface area (TPSA) is 50.1 Å². The Morgan fingerprint density at radius 2 is 1.73 bits per heavy atom. The third-order valence-corrected chi connectivity index (χ3v) is 2.98. The summed E-state index contributed by atoms with van der Waals surface area (Å²) in [4.78, 5) is 12.1. The smallest absolute Gasteiger partial charge is 0.185 e. The number of rotatable bonds is 5. The molecule has 0 atom stereocenters. The van der Waals surface area contributed by atoms with Crippen LogP contribution in [-0.4, -0.2) is 11.9 Å². The van der Waals surface area contributed by atoms with E-state index in [-0.39, 0.29) is 11.9 Å². The molecule has 0 aromatic heterocycles. The summed E-state index contributed by atoms with van der Waals surface area (Å²) in [6, 6.07) is 16.2. The number of hydrogen-bond acceptors (Lipinski definition) is 3. The Morgan fingerprint density at radius 3 is 2.27 bits per heavy atom. The predicted molar refractivity (Wildman–Crippen MR) is 86.7 cm³/mol. The van der Waals surface area contributed by atoms with Crippen LogP contribution in [0.4, 0.5) is 0 Å². The van der Waals surface area contributed by atoms with Crippen LogP contribution in [-0.2, 0) is 0 Å². The fourth-order valence-corrected chi connectivity index (χ4v) is 1.91. The maximum atomic E-state index is 12.1. The zero-order valence-corrected chi connectivity index (χ0v) is 12.6. The van der Waals surface area contributed by atoms with Crippen molar-refractivity contribution in [3.05, 3.63) is 71.3 Å². The van der Waals surface area contributed by atoms with Gasteiger partial charge in [0.15, 0.2) is 5.78 Å². The Morgan fingerprint density at radius 1 is 1.09 bits per heavy atom. The van der Waals surface area contributed by atoms with Crippen molar-refractivity contribution in [3.8, 4) is 11.8 Å². The van der Waals surface area contributed by atoms with E-state index in [2.05, 4.69) is 6.07 Å². The first kappa shape index (κ1) is 15.5. The number of hydrogen-bond donors (Lipinski definition) is 0. The highest BCUT2D eigenvalue weighted by Crippen LogP contribution is 2.15. The zero-order chi connectivity index (χ0) is 15.9. The molecule has 110 valence electrons. The van der Waals surface area contributed by atoms with E-state index in [4.69, 9.17) is 10.00 Å². The second kappa shape index (κ2) is 7.24. The molecule has 2 rings (SSSR count). The number of allylic oxidation sites excluding steroid dienone is 1. The average molecular weight is 291 g/mol. The normalized spacial score (nSPS) is 10.6. The fraction of sp³-hybridized carbons (Fsp3) is 0.158. The van der Waals surface area contributed by atoms with E-state index in [1.54, 1.807) is 42.5 Å². The van der Waals surface area contributed by atoms with E-state index in [9.17, 15) is 4.79 Å². The molecule has 0 aliphatic heterocycles. The zero-order valence-electron chi connectivity index (χ0n) is 12.6. The van der Waals surface area contributed by atoms with Gasteiger partial charge < -0.3 is 4.74 Å². The Labute approximate surface area is 130 Å². The lowest BCUT2D eigenvalue weighted by atomic mass is 10.1. The van der Waals surface area contributed by atoms with Gasteiger partial charge in [-0.2, -0.15) is 5.26 Å². The number of nitriles is 1. The molecule has 2 aromatic carbocycles. The fourth-order valence-electron chi connectivity index (χ4n) is 1.91. The molecule has 0 N–H and O–H groups in total. The summed E-state index contributed by atoms with van der Waals surface area (Å²) in [5.74, 6) is 0.683. The molecule has 3 nitrogen and oxygen atoms in total. The number of benzene rings is 2. The predicted octanol–water partition coefficient (Wildman–Crippen LogP) is 4.24. The molecular formula is C19H17NO2. The van der Waals surface area contributed by atoms with Gasteiger partial charge in [-0.25, -0.2) is 0 Å². The highest BCUT2D eigenvalue weighted by Gasteiger charge is 2.03. The summed E-state index contributed by atoms with van der Waals surface area (Å²) in [6.07, 6.45) is 3.37. The van der Waals surface area contributed by atoms with E-state index in [1.165, 1.54) is 6.08 Å². The minimum Gasteiger partial charge on any atom is -0.491 e. The molecule has 3 heteroatoms. The molecule has 0 spiro atoms. The second-order valence-corrected chi connectivity index (χ2v) is 5.12. The number of nitrogens with zero attached hydrogens (tertiary/aromatic N) is 1. The lowest BCUT2D eigenvalue weighted by molar-refractivity contribution is 0.104. The van der Waals surface area contributed by atoms with Crippen molar-refractivity contribution in [2.75, 3.05) is 0 Å². The van der Waals surface area contributed by atoms with Crippen LogP contribution in [0, 0.1) is 11.3 Å². The van der Waals surface area contributed by atoms with Crippen LogP contribution in [0.2, 0.25) is 0 Å². The van der Waals surface area contributed by atoms with Gasteiger partial charge in [-0.05, 0) is 61.9 Å². The maximum absolute atomic E-state index is 12.1. The minimum absolute atomic E-state index is 0.0690. The van der Waals surface area contributed by atoms with Crippen LogP contribution in [0.3, 0.4) is 0 Å². The summed E-state index contributed by atoms with van der Waals surface area (Å²) in [6.45, 7) is 3.92. The van der Waals surface area contributed by atoms with Crippen LogP contribution < -0.4 is 4.74 Å². The molecule has 0 heterocycles. The second-order valence-electron chi connectivity index (χ2n) is 5.12. The molecule has 0 unspecified atom stereocenters. The minimum atomic E-state index is -0.0690. The summed E-state index contributed by atoms with van der Waals surface area (Å²) >= 11 is 0. The third kappa shape index (κ3) is 4.32. The van der Waals surface area contributed by atoms with Gasteiger partial charge in [0.1, 0.15) is 5.75 Å². The summed E-state index contributed by atoms with van der Waals surface area (Å²) in [7, 11) is 0. The molecule has 22 heavy (non-hydrogen) atoms. The Hall–Kier alpha value is -2.86. The first-order chi connectivity index (χ1) is 10.6. The van der Waals surface area contributed by atoms with Crippen molar-refractivity contribution in [1.29, 1.82) is 5.26 Å². The molecule has 0 radical (unpaired) electrons. The Bertz CT molecular complexity index is 705. The van der Waals surface area contributed by atoms with Crippen LogP contribution in [0.5, 0.6) is 5.75 Å². The molecular weight excluding hydrogens is 274 g/mol. The first-order valence-electron chi connectivity index (χ1n) is 7.08. The van der Waals surface area contributed by atoms with Crippen LogP contribution in [0.15, 0.2) is 54.6 Å². The van der Waals surface area contributed by atoms with Gasteiger partial charge in [0.2, 0.25) is 0 Å². The van der Waals surface area contributed by atoms with Crippen molar-refractivity contribution in [1.82, 2.24) is 0 Å². The first-order valence-corrected chi connectivity index (χ1v) is 7.08. The van der Waals surface area contributed by atoms with Crippen LogP contribution in [0.1, 0.15) is 35.3 Å². The summed E-state index contributed by atoms with van der Waals surface area (Å²) in [5.41, 5.74) is 2.09. The van der Waals surface area contributed by atoms with Gasteiger partial charge in [0, 0.05) is 5.56 Å². The summed E-state index contributed by atoms with van der Waals surface area (Å²) < 4.78 is 5.54. The molecule has 0 aliphatic rings. The van der Waals surface area contributed by atoms with E-state index in [0.29, 0.717) is 11.1 Å². The van der Waals surface area contributed by atoms with Gasteiger partial charge in [-0.3, -0.25) is 4.79 Å². The Balaban J connectivity index is 2.04. The SMILES string of the molecule is CC(C)Oc1ccc(C(=O)/C=C/c2ccc(C#N)cc2)cc1. The Kier molecular flexibility index (Phi) is 5.11. The van der Waals surface area contributed by atoms with E-state index < -0.39 is 0 Å². The highest BCUT2D eigenvalue weighted by molar-refractivity contribution is 6.06. The van der Waals surface area contributed by atoms with Gasteiger partial charge in [-0.1, -0.05) is 18.2 Å². The quantitative estimate of drug-likeness (QED) is 0.611. The summed E-state index contributed by atoms with van der Waals surface area (Å²) in [5, 5.41) is 8.74. The number of ether oxygens (including phenoxy) is 1. The van der Waals surface area contributed by atoms with E-state index in [1.807, 2.05) is 26.0 Å². The van der Waals surface area contributed by atoms with E-state index in [0.717, 1.165) is 11.3 Å². The van der Waals surface area contributed by atoms with Crippen molar-refractivity contribution < 1.29 is 9.53 Å². The standard InChI is InChI=1S/C19H17NO2/c1-14(2)22-18-10-8-17(9-11-18)19(21)12-7-15-3-5-16(13-20)6-4-15/h3-12,14H,1-2H3/b12-7+. The molecule has 0 saturated carbocycles. The van der Waals surface area contributed by atoms with Gasteiger partial charge in [0.05, 0.1) is 17.7 Å².